The van der Waals surface area contributed by atoms with E-state index >= 15 is 0 Å². The predicted molar refractivity (Wildman–Crippen MR) is 75.1 cm³/mol. The van der Waals surface area contributed by atoms with Gasteiger partial charge in [-0.25, -0.2) is 4.98 Å². The molecule has 1 aromatic carbocycles. The molecule has 0 fully saturated rings. The van der Waals surface area contributed by atoms with Gasteiger partial charge in [0.2, 0.25) is 5.88 Å². The minimum Gasteiger partial charge on any atom is -0.481 e. The first-order valence-electron chi connectivity index (χ1n) is 6.51. The van der Waals surface area contributed by atoms with Crippen LogP contribution in [-0.2, 0) is 6.42 Å². The third-order valence-electron chi connectivity index (χ3n) is 3.14. The number of nitrogens with zero attached hydrogens (tertiary/aromatic N) is 1. The maximum Gasteiger partial charge on any atom is 0.212 e. The Balaban J connectivity index is 1.82. The molecule has 1 heterocycles. The fourth-order valence-corrected chi connectivity index (χ4v) is 2.02. The van der Waals surface area contributed by atoms with Gasteiger partial charge < -0.3 is 9.84 Å². The number of hydrogen-bond donors (Lipinski definition) is 1. The topological polar surface area (TPSA) is 42.4 Å². The van der Waals surface area contributed by atoms with Crippen molar-refractivity contribution in [2.75, 3.05) is 7.11 Å². The monoisotopic (exact) mass is 257 g/mol. The standard InChI is InChI=1S/C16H19NO2/c1-19-16-11-10-14(12-17-16)15(18)9-5-8-13-6-3-2-4-7-13/h2-4,6-7,10-12,15,18H,5,8-9H2,1H3. The van der Waals surface area contributed by atoms with E-state index in [9.17, 15) is 5.11 Å². The van der Waals surface area contributed by atoms with E-state index in [0.717, 1.165) is 24.8 Å². The Morgan fingerprint density at radius 2 is 1.95 bits per heavy atom. The van der Waals surface area contributed by atoms with Gasteiger partial charge >= 0.3 is 0 Å². The van der Waals surface area contributed by atoms with Crippen LogP contribution in [0, 0.1) is 0 Å². The highest BCUT2D eigenvalue weighted by Gasteiger charge is 2.08. The zero-order valence-electron chi connectivity index (χ0n) is 11.1. The number of benzene rings is 1. The fourth-order valence-electron chi connectivity index (χ4n) is 2.02. The average molecular weight is 257 g/mol. The number of aliphatic hydroxyl groups is 1. The molecular weight excluding hydrogens is 238 g/mol. The van der Waals surface area contributed by atoms with Crippen molar-refractivity contribution in [3.8, 4) is 5.88 Å². The van der Waals surface area contributed by atoms with Crippen molar-refractivity contribution in [1.82, 2.24) is 4.98 Å². The second kappa shape index (κ2) is 6.90. The molecule has 2 aromatic rings. The minimum atomic E-state index is -0.456. The normalized spacial score (nSPS) is 12.1. The quantitative estimate of drug-likeness (QED) is 0.864. The molecule has 1 atom stereocenters. The van der Waals surface area contributed by atoms with Crippen LogP contribution >= 0.6 is 0 Å². The van der Waals surface area contributed by atoms with Gasteiger partial charge in [0.05, 0.1) is 13.2 Å². The zero-order chi connectivity index (χ0) is 13.5. The summed E-state index contributed by atoms with van der Waals surface area (Å²) in [5, 5.41) is 10.1. The van der Waals surface area contributed by atoms with Crippen LogP contribution in [0.25, 0.3) is 0 Å². The van der Waals surface area contributed by atoms with Crippen LogP contribution in [0.4, 0.5) is 0 Å². The number of aromatic nitrogens is 1. The minimum absolute atomic E-state index is 0.456. The molecule has 0 aliphatic heterocycles. The highest BCUT2D eigenvalue weighted by molar-refractivity contribution is 5.20. The summed E-state index contributed by atoms with van der Waals surface area (Å²) < 4.78 is 5.00. The predicted octanol–water partition coefficient (Wildman–Crippen LogP) is 3.15. The number of pyridine rings is 1. The van der Waals surface area contributed by atoms with Gasteiger partial charge in [-0.15, -0.1) is 0 Å². The van der Waals surface area contributed by atoms with Crippen LogP contribution in [-0.4, -0.2) is 17.2 Å². The number of aryl methyl sites for hydroxylation is 1. The first kappa shape index (κ1) is 13.6. The van der Waals surface area contributed by atoms with Gasteiger partial charge in [0.25, 0.3) is 0 Å². The Hall–Kier alpha value is -1.87. The van der Waals surface area contributed by atoms with E-state index in [1.165, 1.54) is 5.56 Å². The van der Waals surface area contributed by atoms with Crippen molar-refractivity contribution < 1.29 is 9.84 Å². The Labute approximate surface area is 113 Å². The van der Waals surface area contributed by atoms with E-state index in [1.807, 2.05) is 24.3 Å². The first-order chi connectivity index (χ1) is 9.29. The van der Waals surface area contributed by atoms with Gasteiger partial charge in [0, 0.05) is 12.3 Å². The molecule has 0 saturated heterocycles. The summed E-state index contributed by atoms with van der Waals surface area (Å²) in [6.45, 7) is 0. The molecule has 0 spiro atoms. The SMILES string of the molecule is COc1ccc(C(O)CCCc2ccccc2)cn1. The first-order valence-corrected chi connectivity index (χ1v) is 6.51. The second-order valence-electron chi connectivity index (χ2n) is 4.53. The lowest BCUT2D eigenvalue weighted by atomic mass is 10.0. The average Bonchev–Trinajstić information content (AvgIpc) is 2.48. The number of aliphatic hydroxyl groups excluding tert-OH is 1. The van der Waals surface area contributed by atoms with Gasteiger partial charge in [-0.3, -0.25) is 0 Å². The largest absolute Gasteiger partial charge is 0.481 e. The molecule has 1 aromatic heterocycles. The molecule has 0 radical (unpaired) electrons. The molecular formula is C16H19NO2. The van der Waals surface area contributed by atoms with Crippen molar-refractivity contribution in [3.05, 3.63) is 59.8 Å². The van der Waals surface area contributed by atoms with E-state index in [2.05, 4.69) is 17.1 Å². The van der Waals surface area contributed by atoms with Crippen molar-refractivity contribution in [2.24, 2.45) is 0 Å². The van der Waals surface area contributed by atoms with Crippen molar-refractivity contribution in [1.29, 1.82) is 0 Å². The summed E-state index contributed by atoms with van der Waals surface area (Å²) in [4.78, 5) is 4.10. The Kier molecular flexibility index (Phi) is 4.93. The zero-order valence-corrected chi connectivity index (χ0v) is 11.1. The van der Waals surface area contributed by atoms with Gasteiger partial charge in [0.15, 0.2) is 0 Å². The maximum atomic E-state index is 10.1. The van der Waals surface area contributed by atoms with Gasteiger partial charge in [-0.1, -0.05) is 30.3 Å². The van der Waals surface area contributed by atoms with Gasteiger partial charge in [-0.05, 0) is 36.5 Å². The maximum absolute atomic E-state index is 10.1. The lowest BCUT2D eigenvalue weighted by Gasteiger charge is -2.11. The van der Waals surface area contributed by atoms with E-state index in [1.54, 1.807) is 19.4 Å². The summed E-state index contributed by atoms with van der Waals surface area (Å²) in [6.07, 6.45) is 3.90. The molecule has 2 rings (SSSR count). The van der Waals surface area contributed by atoms with Gasteiger partial charge in [0.1, 0.15) is 0 Å². The lowest BCUT2D eigenvalue weighted by Crippen LogP contribution is -1.99. The third kappa shape index (κ3) is 4.07. The highest BCUT2D eigenvalue weighted by atomic mass is 16.5. The molecule has 0 bridgehead atoms. The van der Waals surface area contributed by atoms with Crippen LogP contribution in [0.2, 0.25) is 0 Å². The molecule has 0 aliphatic carbocycles. The molecule has 0 aliphatic rings. The number of rotatable bonds is 6. The molecule has 0 saturated carbocycles. The van der Waals surface area contributed by atoms with Crippen LogP contribution < -0.4 is 4.74 Å². The summed E-state index contributed by atoms with van der Waals surface area (Å²) in [7, 11) is 1.58. The smallest absolute Gasteiger partial charge is 0.212 e. The summed E-state index contributed by atoms with van der Waals surface area (Å²) in [5.74, 6) is 0.570. The van der Waals surface area contributed by atoms with Gasteiger partial charge in [-0.2, -0.15) is 0 Å². The van der Waals surface area contributed by atoms with Crippen LogP contribution in [0.15, 0.2) is 48.7 Å². The van der Waals surface area contributed by atoms with E-state index < -0.39 is 6.10 Å². The van der Waals surface area contributed by atoms with E-state index in [-0.39, 0.29) is 0 Å². The van der Waals surface area contributed by atoms with Crippen LogP contribution in [0.5, 0.6) is 5.88 Å². The number of ether oxygens (including phenoxy) is 1. The van der Waals surface area contributed by atoms with Crippen LogP contribution in [0.3, 0.4) is 0 Å². The Morgan fingerprint density at radius 1 is 1.16 bits per heavy atom. The summed E-state index contributed by atoms with van der Waals surface area (Å²) in [6, 6.07) is 14.0. The number of hydrogen-bond acceptors (Lipinski definition) is 3. The second-order valence-corrected chi connectivity index (χ2v) is 4.53. The molecule has 19 heavy (non-hydrogen) atoms. The molecule has 3 nitrogen and oxygen atoms in total. The van der Waals surface area contributed by atoms with E-state index in [4.69, 9.17) is 4.74 Å². The molecule has 0 amide bonds. The molecule has 1 unspecified atom stereocenters. The number of methoxy groups -OCH3 is 1. The lowest BCUT2D eigenvalue weighted by molar-refractivity contribution is 0.164. The Bertz CT molecular complexity index is 482. The molecule has 3 heteroatoms. The molecule has 100 valence electrons. The molecule has 1 N–H and O–H groups in total. The highest BCUT2D eigenvalue weighted by Crippen LogP contribution is 2.20. The van der Waals surface area contributed by atoms with Crippen molar-refractivity contribution in [3.63, 3.8) is 0 Å². The van der Waals surface area contributed by atoms with E-state index in [0.29, 0.717) is 5.88 Å². The van der Waals surface area contributed by atoms with Crippen molar-refractivity contribution >= 4 is 0 Å². The Morgan fingerprint density at radius 3 is 2.58 bits per heavy atom. The van der Waals surface area contributed by atoms with Crippen LogP contribution in [0.1, 0.15) is 30.1 Å². The third-order valence-corrected chi connectivity index (χ3v) is 3.14. The fraction of sp³-hybridized carbons (Fsp3) is 0.312. The summed E-state index contributed by atoms with van der Waals surface area (Å²) in [5.41, 5.74) is 2.15. The van der Waals surface area contributed by atoms with Crippen molar-refractivity contribution in [2.45, 2.75) is 25.4 Å². The summed E-state index contributed by atoms with van der Waals surface area (Å²) >= 11 is 0.